The number of likely N-dealkylation sites (tertiary alicyclic amines) is 1. The lowest BCUT2D eigenvalue weighted by Gasteiger charge is -2.39. The molecule has 0 aromatic heterocycles. The van der Waals surface area contributed by atoms with E-state index >= 15 is 0 Å². The van der Waals surface area contributed by atoms with Crippen LogP contribution in [0, 0.1) is 5.92 Å². The summed E-state index contributed by atoms with van der Waals surface area (Å²) in [7, 11) is 0. The number of morpholine rings is 1. The Kier molecular flexibility index (Phi) is 5.34. The number of rotatable bonds is 3. The molecule has 1 aromatic carbocycles. The van der Waals surface area contributed by atoms with E-state index < -0.39 is 0 Å². The predicted molar refractivity (Wildman–Crippen MR) is 91.5 cm³/mol. The van der Waals surface area contributed by atoms with E-state index in [4.69, 9.17) is 4.74 Å². The van der Waals surface area contributed by atoms with Gasteiger partial charge in [0.05, 0.1) is 12.2 Å². The normalized spacial score (nSPS) is 27.1. The number of carbonyl (C=O) groups is 1. The number of amides is 1. The summed E-state index contributed by atoms with van der Waals surface area (Å²) < 4.78 is 5.81. The fourth-order valence-corrected chi connectivity index (χ4v) is 3.88. The van der Waals surface area contributed by atoms with Gasteiger partial charge in [0.25, 0.3) is 5.91 Å². The molecule has 0 N–H and O–H groups in total. The Labute approximate surface area is 139 Å². The Morgan fingerprint density at radius 3 is 2.30 bits per heavy atom. The summed E-state index contributed by atoms with van der Waals surface area (Å²) in [6.45, 7) is 9.29. The molecule has 2 heterocycles. The van der Waals surface area contributed by atoms with E-state index in [1.165, 1.54) is 0 Å². The summed E-state index contributed by atoms with van der Waals surface area (Å²) in [4.78, 5) is 17.0. The summed E-state index contributed by atoms with van der Waals surface area (Å²) in [5.41, 5.74) is 0.807. The van der Waals surface area contributed by atoms with Crippen LogP contribution in [0.2, 0.25) is 0 Å². The van der Waals surface area contributed by atoms with Gasteiger partial charge < -0.3 is 9.64 Å². The number of nitrogens with zero attached hydrogens (tertiary/aromatic N) is 2. The third-order valence-corrected chi connectivity index (χ3v) is 4.93. The van der Waals surface area contributed by atoms with Gasteiger partial charge in [-0.15, -0.1) is 0 Å². The van der Waals surface area contributed by atoms with Gasteiger partial charge in [0, 0.05) is 38.3 Å². The first-order valence-corrected chi connectivity index (χ1v) is 8.84. The molecule has 2 aliphatic rings. The quantitative estimate of drug-likeness (QED) is 0.859. The molecular formula is C19H28N2O2. The second-order valence-corrected chi connectivity index (χ2v) is 7.08. The largest absolute Gasteiger partial charge is 0.373 e. The summed E-state index contributed by atoms with van der Waals surface area (Å²) in [6.07, 6.45) is 2.88. The summed E-state index contributed by atoms with van der Waals surface area (Å²) in [5.74, 6) is 0.880. The van der Waals surface area contributed by atoms with Crippen molar-refractivity contribution < 1.29 is 9.53 Å². The zero-order valence-electron chi connectivity index (χ0n) is 14.3. The van der Waals surface area contributed by atoms with E-state index in [0.29, 0.717) is 18.1 Å². The van der Waals surface area contributed by atoms with Crippen molar-refractivity contribution in [3.8, 4) is 0 Å². The van der Waals surface area contributed by atoms with Gasteiger partial charge >= 0.3 is 0 Å². The molecular weight excluding hydrogens is 288 g/mol. The third kappa shape index (κ3) is 4.33. The number of benzene rings is 1. The molecule has 4 nitrogen and oxygen atoms in total. The minimum atomic E-state index is 0.178. The van der Waals surface area contributed by atoms with Gasteiger partial charge in [-0.3, -0.25) is 9.69 Å². The fourth-order valence-electron chi connectivity index (χ4n) is 3.88. The van der Waals surface area contributed by atoms with Crippen LogP contribution in [0.15, 0.2) is 30.3 Å². The van der Waals surface area contributed by atoms with Crippen molar-refractivity contribution >= 4 is 5.91 Å². The molecule has 2 atom stereocenters. The van der Waals surface area contributed by atoms with E-state index in [0.717, 1.165) is 51.1 Å². The van der Waals surface area contributed by atoms with Crippen LogP contribution in [0.3, 0.4) is 0 Å². The number of hydrogen-bond donors (Lipinski definition) is 0. The lowest BCUT2D eigenvalue weighted by Crippen LogP contribution is -2.48. The van der Waals surface area contributed by atoms with Gasteiger partial charge in [-0.2, -0.15) is 0 Å². The highest BCUT2D eigenvalue weighted by Gasteiger charge is 2.28. The van der Waals surface area contributed by atoms with Crippen LogP contribution in [-0.2, 0) is 4.74 Å². The van der Waals surface area contributed by atoms with Crippen LogP contribution in [0.5, 0.6) is 0 Å². The summed E-state index contributed by atoms with van der Waals surface area (Å²) in [5, 5.41) is 0. The molecule has 0 spiro atoms. The first-order chi connectivity index (χ1) is 11.1. The Morgan fingerprint density at radius 2 is 1.70 bits per heavy atom. The molecule has 2 saturated heterocycles. The molecule has 0 unspecified atom stereocenters. The topological polar surface area (TPSA) is 32.8 Å². The van der Waals surface area contributed by atoms with Gasteiger partial charge in [-0.05, 0) is 44.7 Å². The van der Waals surface area contributed by atoms with Crippen molar-refractivity contribution in [2.75, 3.05) is 32.7 Å². The highest BCUT2D eigenvalue weighted by atomic mass is 16.5. The van der Waals surface area contributed by atoms with Crippen molar-refractivity contribution in [3.05, 3.63) is 35.9 Å². The Bertz CT molecular complexity index is 501. The first-order valence-electron chi connectivity index (χ1n) is 8.84. The second-order valence-electron chi connectivity index (χ2n) is 7.08. The van der Waals surface area contributed by atoms with E-state index in [-0.39, 0.29) is 5.91 Å². The van der Waals surface area contributed by atoms with Crippen LogP contribution in [0.1, 0.15) is 37.0 Å². The molecule has 23 heavy (non-hydrogen) atoms. The average Bonchev–Trinajstić information content (AvgIpc) is 2.55. The highest BCUT2D eigenvalue weighted by Crippen LogP contribution is 2.22. The minimum Gasteiger partial charge on any atom is -0.373 e. The lowest BCUT2D eigenvalue weighted by atomic mass is 9.95. The maximum Gasteiger partial charge on any atom is 0.253 e. The number of hydrogen-bond acceptors (Lipinski definition) is 3. The van der Waals surface area contributed by atoms with E-state index in [1.807, 2.05) is 35.2 Å². The van der Waals surface area contributed by atoms with Crippen LogP contribution >= 0.6 is 0 Å². The van der Waals surface area contributed by atoms with Gasteiger partial charge in [-0.1, -0.05) is 18.2 Å². The van der Waals surface area contributed by atoms with Crippen LogP contribution in [-0.4, -0.2) is 60.6 Å². The van der Waals surface area contributed by atoms with Gasteiger partial charge in [0.1, 0.15) is 0 Å². The molecule has 126 valence electrons. The van der Waals surface area contributed by atoms with Crippen LogP contribution in [0.4, 0.5) is 0 Å². The lowest BCUT2D eigenvalue weighted by molar-refractivity contribution is -0.0728. The number of carbonyl (C=O) groups excluding carboxylic acids is 1. The second kappa shape index (κ2) is 7.45. The predicted octanol–water partition coefficient (Wildman–Crippen LogP) is 2.65. The maximum atomic E-state index is 12.5. The molecule has 4 heteroatoms. The van der Waals surface area contributed by atoms with Crippen molar-refractivity contribution in [2.45, 2.75) is 38.9 Å². The van der Waals surface area contributed by atoms with Gasteiger partial charge in [0.2, 0.25) is 0 Å². The third-order valence-electron chi connectivity index (χ3n) is 4.93. The highest BCUT2D eigenvalue weighted by molar-refractivity contribution is 5.94. The summed E-state index contributed by atoms with van der Waals surface area (Å²) in [6, 6.07) is 9.63. The van der Waals surface area contributed by atoms with Crippen molar-refractivity contribution in [3.63, 3.8) is 0 Å². The zero-order valence-corrected chi connectivity index (χ0v) is 14.3. The first kappa shape index (κ1) is 16.5. The Hall–Kier alpha value is -1.39. The van der Waals surface area contributed by atoms with Crippen LogP contribution in [0.25, 0.3) is 0 Å². The van der Waals surface area contributed by atoms with E-state index in [1.54, 1.807) is 0 Å². The van der Waals surface area contributed by atoms with Gasteiger partial charge in [0.15, 0.2) is 0 Å². The Balaban J connectivity index is 1.48. The molecule has 1 amide bonds. The molecule has 0 saturated carbocycles. The van der Waals surface area contributed by atoms with E-state index in [2.05, 4.69) is 18.7 Å². The number of ether oxygens (including phenoxy) is 1. The SMILES string of the molecule is C[C@@H]1CN(CC2CCN(C(=O)c3ccccc3)CC2)C[C@@H](C)O1. The molecule has 0 aliphatic carbocycles. The Morgan fingerprint density at radius 1 is 1.09 bits per heavy atom. The zero-order chi connectivity index (χ0) is 16.2. The molecule has 2 aliphatic heterocycles. The molecule has 2 fully saturated rings. The van der Waals surface area contributed by atoms with Crippen molar-refractivity contribution in [1.29, 1.82) is 0 Å². The van der Waals surface area contributed by atoms with E-state index in [9.17, 15) is 4.79 Å². The van der Waals surface area contributed by atoms with Crippen LogP contribution < -0.4 is 0 Å². The molecule has 0 bridgehead atoms. The average molecular weight is 316 g/mol. The minimum absolute atomic E-state index is 0.178. The smallest absolute Gasteiger partial charge is 0.253 e. The van der Waals surface area contributed by atoms with Crippen molar-refractivity contribution in [2.24, 2.45) is 5.92 Å². The molecule has 0 radical (unpaired) electrons. The molecule has 3 rings (SSSR count). The monoisotopic (exact) mass is 316 g/mol. The maximum absolute atomic E-state index is 12.5. The summed E-state index contributed by atoms with van der Waals surface area (Å²) >= 11 is 0. The van der Waals surface area contributed by atoms with Gasteiger partial charge in [-0.25, -0.2) is 0 Å². The fraction of sp³-hybridized carbons (Fsp3) is 0.632. The van der Waals surface area contributed by atoms with Crippen molar-refractivity contribution in [1.82, 2.24) is 9.80 Å². The molecule has 1 aromatic rings. The number of piperidine rings is 1. The standard InChI is InChI=1S/C19H28N2O2/c1-15-12-20(13-16(2)23-15)14-17-8-10-21(11-9-17)19(22)18-6-4-3-5-7-18/h3-7,15-17H,8-14H2,1-2H3/t15-,16-/m1/s1.